The zero-order chi connectivity index (χ0) is 18.8. The Morgan fingerprint density at radius 3 is 2.46 bits per heavy atom. The minimum atomic E-state index is -1.21. The van der Waals surface area contributed by atoms with Gasteiger partial charge in [-0.05, 0) is 23.8 Å². The number of hydrogen-bond acceptors (Lipinski definition) is 6. The fraction of sp³-hybridized carbons (Fsp3) is 0.278. The largest absolute Gasteiger partial charge is 0.508 e. The van der Waals surface area contributed by atoms with E-state index < -0.39 is 29.9 Å². The number of carboxylic acids is 2. The van der Waals surface area contributed by atoms with Crippen molar-refractivity contribution in [3.05, 3.63) is 53.8 Å². The Hall–Kier alpha value is -3.13. The number of aliphatic hydroxyl groups excluding tert-OH is 1. The summed E-state index contributed by atoms with van der Waals surface area (Å²) in [5.74, 6) is -3.07. The third-order valence-corrected chi connectivity index (χ3v) is 4.49. The lowest BCUT2D eigenvalue weighted by molar-refractivity contribution is -0.151. The van der Waals surface area contributed by atoms with Crippen LogP contribution in [0.2, 0.25) is 0 Å². The molecule has 0 radical (unpaired) electrons. The average Bonchev–Trinajstić information content (AvgIpc) is 2.75. The SMILES string of the molecule is O=C(O)C(c1ccc(O)cc1)N1CCN=C2C=C(O)C=CC2C1C(=O)O. The van der Waals surface area contributed by atoms with Crippen molar-refractivity contribution in [3.63, 3.8) is 0 Å². The molecule has 2 aliphatic rings. The molecule has 8 heteroatoms. The molecule has 0 amide bonds. The van der Waals surface area contributed by atoms with Gasteiger partial charge in [-0.2, -0.15) is 0 Å². The summed E-state index contributed by atoms with van der Waals surface area (Å²) in [7, 11) is 0. The summed E-state index contributed by atoms with van der Waals surface area (Å²) in [5, 5.41) is 38.7. The number of aromatic hydroxyl groups is 1. The Kier molecular flexibility index (Phi) is 4.77. The van der Waals surface area contributed by atoms with Crippen LogP contribution in [0.1, 0.15) is 11.6 Å². The van der Waals surface area contributed by atoms with Crippen LogP contribution >= 0.6 is 0 Å². The zero-order valence-electron chi connectivity index (χ0n) is 13.7. The third kappa shape index (κ3) is 3.31. The highest BCUT2D eigenvalue weighted by Crippen LogP contribution is 2.31. The van der Waals surface area contributed by atoms with Crippen molar-refractivity contribution in [2.24, 2.45) is 10.9 Å². The van der Waals surface area contributed by atoms with Crippen LogP contribution in [0.3, 0.4) is 0 Å². The first kappa shape index (κ1) is 17.7. The van der Waals surface area contributed by atoms with Gasteiger partial charge in [0.2, 0.25) is 0 Å². The predicted octanol–water partition coefficient (Wildman–Crippen LogP) is 1.36. The van der Waals surface area contributed by atoms with Gasteiger partial charge in [0.25, 0.3) is 0 Å². The van der Waals surface area contributed by atoms with Crippen LogP contribution in [0.5, 0.6) is 5.75 Å². The van der Waals surface area contributed by atoms with Gasteiger partial charge < -0.3 is 20.4 Å². The van der Waals surface area contributed by atoms with Crippen LogP contribution in [0, 0.1) is 5.92 Å². The number of carboxylic acid groups (broad SMARTS) is 2. The zero-order valence-corrected chi connectivity index (χ0v) is 13.7. The first-order valence-corrected chi connectivity index (χ1v) is 8.02. The highest BCUT2D eigenvalue weighted by atomic mass is 16.4. The number of carbonyl (C=O) groups is 2. The molecule has 1 aliphatic carbocycles. The quantitative estimate of drug-likeness (QED) is 0.639. The van der Waals surface area contributed by atoms with E-state index in [1.807, 2.05) is 0 Å². The Morgan fingerprint density at radius 2 is 1.85 bits per heavy atom. The fourth-order valence-corrected chi connectivity index (χ4v) is 3.37. The number of fused-ring (bicyclic) bond motifs is 1. The van der Waals surface area contributed by atoms with Crippen LogP contribution in [-0.2, 0) is 9.59 Å². The van der Waals surface area contributed by atoms with E-state index in [4.69, 9.17) is 0 Å². The van der Waals surface area contributed by atoms with Gasteiger partial charge >= 0.3 is 11.9 Å². The molecule has 0 spiro atoms. The summed E-state index contributed by atoms with van der Waals surface area (Å²) in [6, 6.07) is 3.28. The van der Waals surface area contributed by atoms with E-state index in [2.05, 4.69) is 4.99 Å². The number of nitrogens with zero attached hydrogens (tertiary/aromatic N) is 2. The topological polar surface area (TPSA) is 131 Å². The van der Waals surface area contributed by atoms with Crippen LogP contribution < -0.4 is 0 Å². The first-order chi connectivity index (χ1) is 12.4. The smallest absolute Gasteiger partial charge is 0.325 e. The van der Waals surface area contributed by atoms with E-state index >= 15 is 0 Å². The molecule has 8 nitrogen and oxygen atoms in total. The van der Waals surface area contributed by atoms with Crippen molar-refractivity contribution in [1.29, 1.82) is 0 Å². The summed E-state index contributed by atoms with van der Waals surface area (Å²) < 4.78 is 0. The van der Waals surface area contributed by atoms with Crippen molar-refractivity contribution in [2.45, 2.75) is 12.1 Å². The van der Waals surface area contributed by atoms with Gasteiger partial charge in [-0.25, -0.2) is 0 Å². The maximum absolute atomic E-state index is 12.0. The van der Waals surface area contributed by atoms with Crippen LogP contribution in [0.4, 0.5) is 0 Å². The molecular weight excluding hydrogens is 340 g/mol. The minimum absolute atomic E-state index is 0.00927. The fourth-order valence-electron chi connectivity index (χ4n) is 3.37. The van der Waals surface area contributed by atoms with Gasteiger partial charge in [0, 0.05) is 24.3 Å². The van der Waals surface area contributed by atoms with Crippen molar-refractivity contribution < 1.29 is 30.0 Å². The monoisotopic (exact) mass is 358 g/mol. The number of aliphatic carboxylic acids is 2. The number of aliphatic hydroxyl groups is 1. The Labute approximate surface area is 149 Å². The first-order valence-electron chi connectivity index (χ1n) is 8.02. The maximum Gasteiger partial charge on any atom is 0.325 e. The van der Waals surface area contributed by atoms with Crippen LogP contribution in [0.25, 0.3) is 0 Å². The number of aliphatic imine (C=N–C) groups is 1. The van der Waals surface area contributed by atoms with E-state index in [1.165, 1.54) is 47.4 Å². The molecule has 3 unspecified atom stereocenters. The van der Waals surface area contributed by atoms with E-state index in [9.17, 15) is 30.0 Å². The molecule has 1 aromatic rings. The summed E-state index contributed by atoms with van der Waals surface area (Å²) >= 11 is 0. The standard InChI is InChI=1S/C18H18N2O6/c21-11-3-1-10(2-4-11)15(17(23)24)20-8-7-19-14-9-12(22)5-6-13(14)16(20)18(25)26/h1-6,9,13,15-16,21-22H,7-8H2,(H,23,24)(H,25,26). The van der Waals surface area contributed by atoms with Crippen molar-refractivity contribution in [1.82, 2.24) is 4.90 Å². The molecule has 0 saturated carbocycles. The predicted molar refractivity (Wildman–Crippen MR) is 92.3 cm³/mol. The lowest BCUT2D eigenvalue weighted by Gasteiger charge is -2.35. The molecule has 1 aromatic carbocycles. The molecular formula is C18H18N2O6. The number of hydrogen-bond donors (Lipinski definition) is 4. The molecule has 0 bridgehead atoms. The molecule has 3 rings (SSSR count). The third-order valence-electron chi connectivity index (χ3n) is 4.49. The van der Waals surface area contributed by atoms with Crippen molar-refractivity contribution >= 4 is 17.7 Å². The number of benzene rings is 1. The van der Waals surface area contributed by atoms with E-state index in [0.717, 1.165) is 0 Å². The van der Waals surface area contributed by atoms with E-state index in [-0.39, 0.29) is 24.6 Å². The van der Waals surface area contributed by atoms with Crippen molar-refractivity contribution in [2.75, 3.05) is 13.1 Å². The number of allylic oxidation sites excluding steroid dienone is 2. The normalized spacial score (nSPS) is 24.0. The number of phenols is 1. The summed E-state index contributed by atoms with van der Waals surface area (Å²) in [4.78, 5) is 29.7. The van der Waals surface area contributed by atoms with Crippen molar-refractivity contribution in [3.8, 4) is 5.75 Å². The highest BCUT2D eigenvalue weighted by molar-refractivity contribution is 6.03. The van der Waals surface area contributed by atoms with E-state index in [0.29, 0.717) is 11.3 Å². The minimum Gasteiger partial charge on any atom is -0.508 e. The van der Waals surface area contributed by atoms with Gasteiger partial charge in [-0.3, -0.25) is 19.5 Å². The lowest BCUT2D eigenvalue weighted by Crippen LogP contribution is -2.51. The van der Waals surface area contributed by atoms with E-state index in [1.54, 1.807) is 0 Å². The number of phenolic OH excluding ortho intramolecular Hbond substituents is 1. The molecule has 136 valence electrons. The van der Waals surface area contributed by atoms with Gasteiger partial charge in [0.15, 0.2) is 0 Å². The molecule has 0 fully saturated rings. The maximum atomic E-state index is 12.0. The Bertz CT molecular complexity index is 811. The Balaban J connectivity index is 2.04. The highest BCUT2D eigenvalue weighted by Gasteiger charge is 2.43. The number of rotatable bonds is 4. The summed E-state index contributed by atoms with van der Waals surface area (Å²) in [6.45, 7) is 0.326. The second-order valence-electron chi connectivity index (χ2n) is 6.11. The molecule has 0 saturated heterocycles. The molecule has 1 aliphatic heterocycles. The molecule has 1 heterocycles. The second kappa shape index (κ2) is 7.01. The molecule has 0 aromatic heterocycles. The lowest BCUT2D eigenvalue weighted by atomic mass is 9.88. The molecule has 26 heavy (non-hydrogen) atoms. The molecule has 3 atom stereocenters. The van der Waals surface area contributed by atoms with Gasteiger partial charge in [0.05, 0.1) is 6.54 Å². The molecule has 4 N–H and O–H groups in total. The summed E-state index contributed by atoms with van der Waals surface area (Å²) in [6.07, 6.45) is 4.32. The Morgan fingerprint density at radius 1 is 1.15 bits per heavy atom. The second-order valence-corrected chi connectivity index (χ2v) is 6.11. The van der Waals surface area contributed by atoms with Gasteiger partial charge in [0.1, 0.15) is 23.6 Å². The van der Waals surface area contributed by atoms with Crippen LogP contribution in [-0.4, -0.2) is 62.1 Å². The average molecular weight is 358 g/mol. The van der Waals surface area contributed by atoms with Gasteiger partial charge in [-0.1, -0.05) is 18.2 Å². The van der Waals surface area contributed by atoms with Gasteiger partial charge in [-0.15, -0.1) is 0 Å². The van der Waals surface area contributed by atoms with Crippen LogP contribution in [0.15, 0.2) is 53.2 Å². The summed E-state index contributed by atoms with van der Waals surface area (Å²) in [5.41, 5.74) is 0.776.